The molecule has 5 rings (SSSR count). The summed E-state index contributed by atoms with van der Waals surface area (Å²) in [5, 5.41) is 4.86. The molecular weight excluding hydrogens is 342 g/mol. The Morgan fingerprint density at radius 3 is 2.11 bits per heavy atom. The molecule has 0 aliphatic carbocycles. The molecule has 0 fully saturated rings. The van der Waals surface area contributed by atoms with Crippen molar-refractivity contribution in [3.8, 4) is 0 Å². The summed E-state index contributed by atoms with van der Waals surface area (Å²) in [7, 11) is 0. The molecule has 0 N–H and O–H groups in total. The van der Waals surface area contributed by atoms with Gasteiger partial charge in [0, 0.05) is 17.8 Å². The standard InChI is InChI=1S/C25H21N3/c1-17(2)28-24-14-8-7-13-23(24)27-25(28)26-16-22-20-11-5-3-9-18(20)15-19-10-4-6-12-21(19)22/h3-17H,1-2H3/b26-16+. The first kappa shape index (κ1) is 16.7. The maximum Gasteiger partial charge on any atom is 0.230 e. The van der Waals surface area contributed by atoms with Crippen LogP contribution in [0.25, 0.3) is 32.6 Å². The number of aromatic nitrogens is 2. The van der Waals surface area contributed by atoms with Crippen LogP contribution >= 0.6 is 0 Å². The fourth-order valence-electron chi connectivity index (χ4n) is 3.94. The van der Waals surface area contributed by atoms with Crippen molar-refractivity contribution in [3.63, 3.8) is 0 Å². The second-order valence-electron chi connectivity index (χ2n) is 7.35. The molecule has 136 valence electrons. The number of hydrogen-bond acceptors (Lipinski definition) is 2. The maximum absolute atomic E-state index is 4.86. The summed E-state index contributed by atoms with van der Waals surface area (Å²) in [6.45, 7) is 4.33. The van der Waals surface area contributed by atoms with Crippen LogP contribution in [0.5, 0.6) is 0 Å². The molecule has 0 spiro atoms. The van der Waals surface area contributed by atoms with E-state index in [1.807, 2.05) is 18.3 Å². The van der Waals surface area contributed by atoms with Gasteiger partial charge in [-0.3, -0.25) is 0 Å². The van der Waals surface area contributed by atoms with Gasteiger partial charge in [0.15, 0.2) is 0 Å². The summed E-state index contributed by atoms with van der Waals surface area (Å²) in [6, 6.07) is 27.7. The lowest BCUT2D eigenvalue weighted by molar-refractivity contribution is 0.622. The van der Waals surface area contributed by atoms with Gasteiger partial charge in [-0.15, -0.1) is 0 Å². The molecule has 1 heterocycles. The molecule has 0 saturated carbocycles. The number of imidazole rings is 1. The minimum atomic E-state index is 0.281. The summed E-state index contributed by atoms with van der Waals surface area (Å²) in [4.78, 5) is 9.64. The van der Waals surface area contributed by atoms with E-state index in [1.54, 1.807) is 0 Å². The van der Waals surface area contributed by atoms with Crippen molar-refractivity contribution in [3.05, 3.63) is 84.4 Å². The number of nitrogens with zero attached hydrogens (tertiary/aromatic N) is 3. The van der Waals surface area contributed by atoms with E-state index in [2.05, 4.69) is 85.1 Å². The lowest BCUT2D eigenvalue weighted by Gasteiger charge is -2.11. The summed E-state index contributed by atoms with van der Waals surface area (Å²) in [5.41, 5.74) is 3.23. The molecule has 0 amide bonds. The minimum Gasteiger partial charge on any atom is -0.306 e. The highest BCUT2D eigenvalue weighted by molar-refractivity contribution is 6.13. The highest BCUT2D eigenvalue weighted by Gasteiger charge is 2.12. The predicted molar refractivity (Wildman–Crippen MR) is 119 cm³/mol. The van der Waals surface area contributed by atoms with E-state index in [0.29, 0.717) is 0 Å². The lowest BCUT2D eigenvalue weighted by atomic mass is 9.97. The average Bonchev–Trinajstić information content (AvgIpc) is 3.09. The van der Waals surface area contributed by atoms with Gasteiger partial charge in [-0.05, 0) is 53.6 Å². The smallest absolute Gasteiger partial charge is 0.230 e. The van der Waals surface area contributed by atoms with Crippen LogP contribution in [0.15, 0.2) is 83.9 Å². The Kier molecular flexibility index (Phi) is 3.94. The van der Waals surface area contributed by atoms with E-state index < -0.39 is 0 Å². The Labute approximate surface area is 164 Å². The largest absolute Gasteiger partial charge is 0.306 e. The van der Waals surface area contributed by atoms with Crippen molar-refractivity contribution < 1.29 is 0 Å². The zero-order valence-electron chi connectivity index (χ0n) is 16.0. The minimum absolute atomic E-state index is 0.281. The van der Waals surface area contributed by atoms with Crippen LogP contribution in [0.4, 0.5) is 5.95 Å². The molecule has 3 nitrogen and oxygen atoms in total. The molecule has 1 aromatic heterocycles. The molecule has 28 heavy (non-hydrogen) atoms. The third-order valence-electron chi connectivity index (χ3n) is 5.22. The summed E-state index contributed by atoms with van der Waals surface area (Å²) in [5.74, 6) is 0.744. The van der Waals surface area contributed by atoms with Crippen molar-refractivity contribution >= 4 is 44.7 Å². The molecule has 0 saturated heterocycles. The van der Waals surface area contributed by atoms with E-state index in [9.17, 15) is 0 Å². The van der Waals surface area contributed by atoms with Crippen LogP contribution in [0.3, 0.4) is 0 Å². The van der Waals surface area contributed by atoms with Gasteiger partial charge < -0.3 is 4.57 Å². The predicted octanol–water partition coefficient (Wildman–Crippen LogP) is 6.67. The number of para-hydroxylation sites is 2. The van der Waals surface area contributed by atoms with E-state index in [-0.39, 0.29) is 6.04 Å². The van der Waals surface area contributed by atoms with E-state index in [4.69, 9.17) is 9.98 Å². The topological polar surface area (TPSA) is 30.2 Å². The fraction of sp³-hybridized carbons (Fsp3) is 0.120. The Balaban J connectivity index is 1.75. The van der Waals surface area contributed by atoms with Gasteiger partial charge in [0.1, 0.15) is 0 Å². The zero-order valence-corrected chi connectivity index (χ0v) is 16.0. The molecule has 4 aromatic carbocycles. The monoisotopic (exact) mass is 363 g/mol. The van der Waals surface area contributed by atoms with Crippen LogP contribution < -0.4 is 0 Å². The first-order chi connectivity index (χ1) is 13.7. The van der Waals surface area contributed by atoms with Gasteiger partial charge in [-0.25, -0.2) is 9.98 Å². The Hall–Kier alpha value is -3.46. The molecule has 0 atom stereocenters. The summed E-state index contributed by atoms with van der Waals surface area (Å²) >= 11 is 0. The van der Waals surface area contributed by atoms with Crippen molar-refractivity contribution in [2.75, 3.05) is 0 Å². The van der Waals surface area contributed by atoms with Gasteiger partial charge in [0.05, 0.1) is 11.0 Å². The van der Waals surface area contributed by atoms with Crippen LogP contribution in [-0.4, -0.2) is 15.8 Å². The number of benzene rings is 4. The normalized spacial score (nSPS) is 12.1. The third kappa shape index (κ3) is 2.67. The first-order valence-corrected chi connectivity index (χ1v) is 9.64. The van der Waals surface area contributed by atoms with Crippen LogP contribution in [0.1, 0.15) is 25.5 Å². The average molecular weight is 363 g/mol. The maximum atomic E-state index is 4.86. The van der Waals surface area contributed by atoms with E-state index in [1.165, 1.54) is 21.5 Å². The third-order valence-corrected chi connectivity index (χ3v) is 5.22. The lowest BCUT2D eigenvalue weighted by Crippen LogP contribution is -2.00. The Morgan fingerprint density at radius 1 is 0.821 bits per heavy atom. The van der Waals surface area contributed by atoms with Crippen LogP contribution in [-0.2, 0) is 0 Å². The molecule has 0 bridgehead atoms. The zero-order chi connectivity index (χ0) is 19.1. The number of hydrogen-bond donors (Lipinski definition) is 0. The Bertz CT molecular complexity index is 1290. The van der Waals surface area contributed by atoms with Crippen molar-refractivity contribution in [1.82, 2.24) is 9.55 Å². The SMILES string of the molecule is CC(C)n1c(/N=C/c2c3ccccc3cc3ccccc23)nc2ccccc21. The second-order valence-corrected chi connectivity index (χ2v) is 7.35. The molecule has 0 radical (unpaired) electrons. The molecular formula is C25H21N3. The molecule has 0 aliphatic heterocycles. The molecule has 5 aromatic rings. The van der Waals surface area contributed by atoms with Crippen LogP contribution in [0, 0.1) is 0 Å². The van der Waals surface area contributed by atoms with Gasteiger partial charge in [0.2, 0.25) is 5.95 Å². The van der Waals surface area contributed by atoms with E-state index >= 15 is 0 Å². The molecule has 0 aliphatic rings. The molecule has 3 heteroatoms. The number of aliphatic imine (C=N–C) groups is 1. The van der Waals surface area contributed by atoms with Crippen molar-refractivity contribution in [2.24, 2.45) is 4.99 Å². The van der Waals surface area contributed by atoms with E-state index in [0.717, 1.165) is 22.5 Å². The van der Waals surface area contributed by atoms with Crippen molar-refractivity contribution in [1.29, 1.82) is 0 Å². The summed E-state index contributed by atoms with van der Waals surface area (Å²) < 4.78 is 2.19. The quantitative estimate of drug-likeness (QED) is 0.260. The number of fused-ring (bicyclic) bond motifs is 3. The molecule has 0 unspecified atom stereocenters. The van der Waals surface area contributed by atoms with Gasteiger partial charge in [-0.1, -0.05) is 60.7 Å². The highest BCUT2D eigenvalue weighted by Crippen LogP contribution is 2.29. The Morgan fingerprint density at radius 2 is 1.43 bits per heavy atom. The van der Waals surface area contributed by atoms with Gasteiger partial charge in [0.25, 0.3) is 0 Å². The number of rotatable bonds is 3. The van der Waals surface area contributed by atoms with Gasteiger partial charge >= 0.3 is 0 Å². The second kappa shape index (κ2) is 6.61. The van der Waals surface area contributed by atoms with Crippen LogP contribution in [0.2, 0.25) is 0 Å². The van der Waals surface area contributed by atoms with Crippen molar-refractivity contribution in [2.45, 2.75) is 19.9 Å². The highest BCUT2D eigenvalue weighted by atomic mass is 15.2. The summed E-state index contributed by atoms with van der Waals surface area (Å²) in [6.07, 6.45) is 1.98. The fourth-order valence-corrected chi connectivity index (χ4v) is 3.94. The first-order valence-electron chi connectivity index (χ1n) is 9.64. The van der Waals surface area contributed by atoms with Gasteiger partial charge in [-0.2, -0.15) is 0 Å².